The van der Waals surface area contributed by atoms with E-state index in [1.165, 1.54) is 25.6 Å². The molecule has 144 valence electrons. The monoisotopic (exact) mass is 373 g/mol. The van der Waals surface area contributed by atoms with Gasteiger partial charge >= 0.3 is 0 Å². The molecule has 1 fully saturated rings. The van der Waals surface area contributed by atoms with Gasteiger partial charge in [-0.15, -0.1) is 0 Å². The topological polar surface area (TPSA) is 64.5 Å². The Balaban J connectivity index is 1.94. The molecule has 6 nitrogen and oxygen atoms in total. The van der Waals surface area contributed by atoms with Crippen LogP contribution in [0.2, 0.25) is 0 Å². The van der Waals surface area contributed by atoms with Crippen molar-refractivity contribution >= 4 is 5.91 Å². The van der Waals surface area contributed by atoms with Gasteiger partial charge in [-0.3, -0.25) is 4.79 Å². The lowest BCUT2D eigenvalue weighted by Crippen LogP contribution is -2.37. The van der Waals surface area contributed by atoms with Crippen molar-refractivity contribution < 1.29 is 18.7 Å². The van der Waals surface area contributed by atoms with E-state index in [9.17, 15) is 9.18 Å². The largest absolute Gasteiger partial charge is 0.480 e. The molecule has 2 aromatic rings. The van der Waals surface area contributed by atoms with Crippen LogP contribution in [0.15, 0.2) is 24.5 Å². The number of likely N-dealkylation sites (N-methyl/N-ethyl adjacent to an activating group) is 1. The highest BCUT2D eigenvalue weighted by Gasteiger charge is 2.24. The summed E-state index contributed by atoms with van der Waals surface area (Å²) in [5.41, 5.74) is 2.03. The van der Waals surface area contributed by atoms with E-state index >= 15 is 0 Å². The molecule has 0 saturated carbocycles. The van der Waals surface area contributed by atoms with Crippen LogP contribution in [0.5, 0.6) is 5.88 Å². The Kier molecular flexibility index (Phi) is 6.01. The van der Waals surface area contributed by atoms with Gasteiger partial charge in [0.2, 0.25) is 5.88 Å². The standard InChI is InChI=1S/C20H24FN3O3/c1-4-24(11-17-6-5-7-27-17)20(25)15-8-14(9-16(21)10-15)18-13(2)22-12-23-19(18)26-3/h8-10,12,17H,4-7,11H2,1-3H3. The van der Waals surface area contributed by atoms with Crippen molar-refractivity contribution in [1.82, 2.24) is 14.9 Å². The number of aryl methyl sites for hydroxylation is 1. The number of hydrogen-bond acceptors (Lipinski definition) is 5. The quantitative estimate of drug-likeness (QED) is 0.778. The Morgan fingerprint density at radius 2 is 2.19 bits per heavy atom. The molecule has 1 aromatic carbocycles. The summed E-state index contributed by atoms with van der Waals surface area (Å²) < 4.78 is 25.3. The van der Waals surface area contributed by atoms with E-state index in [0.29, 0.717) is 35.8 Å². The molecule has 0 N–H and O–H groups in total. The van der Waals surface area contributed by atoms with E-state index in [-0.39, 0.29) is 17.6 Å². The van der Waals surface area contributed by atoms with E-state index in [1.54, 1.807) is 17.9 Å². The maximum Gasteiger partial charge on any atom is 0.254 e. The third kappa shape index (κ3) is 4.24. The zero-order valence-electron chi connectivity index (χ0n) is 15.9. The molecule has 27 heavy (non-hydrogen) atoms. The second-order valence-corrected chi connectivity index (χ2v) is 6.55. The van der Waals surface area contributed by atoms with Crippen molar-refractivity contribution in [3.8, 4) is 17.0 Å². The maximum absolute atomic E-state index is 14.3. The van der Waals surface area contributed by atoms with Crippen LogP contribution in [-0.4, -0.2) is 53.7 Å². The highest BCUT2D eigenvalue weighted by atomic mass is 19.1. The lowest BCUT2D eigenvalue weighted by Gasteiger charge is -2.24. The smallest absolute Gasteiger partial charge is 0.254 e. The Morgan fingerprint density at radius 1 is 1.37 bits per heavy atom. The molecule has 7 heteroatoms. The molecule has 0 aliphatic carbocycles. The summed E-state index contributed by atoms with van der Waals surface area (Å²) in [5, 5.41) is 0. The number of carbonyl (C=O) groups is 1. The third-order valence-electron chi connectivity index (χ3n) is 4.75. The first kappa shape index (κ1) is 19.2. The number of methoxy groups -OCH3 is 1. The zero-order chi connectivity index (χ0) is 19.4. The fourth-order valence-corrected chi connectivity index (χ4v) is 3.37. The number of ether oxygens (including phenoxy) is 2. The summed E-state index contributed by atoms with van der Waals surface area (Å²) in [6.45, 7) is 5.47. The summed E-state index contributed by atoms with van der Waals surface area (Å²) in [6.07, 6.45) is 3.39. The number of hydrogen-bond donors (Lipinski definition) is 0. The number of aromatic nitrogens is 2. The van der Waals surface area contributed by atoms with Gasteiger partial charge in [0.25, 0.3) is 5.91 Å². The molecule has 1 saturated heterocycles. The van der Waals surface area contributed by atoms with Crippen LogP contribution in [0, 0.1) is 12.7 Å². The van der Waals surface area contributed by atoms with E-state index in [1.807, 2.05) is 6.92 Å². The van der Waals surface area contributed by atoms with Crippen molar-refractivity contribution in [2.24, 2.45) is 0 Å². The van der Waals surface area contributed by atoms with Gasteiger partial charge in [0.15, 0.2) is 0 Å². The van der Waals surface area contributed by atoms with Crippen molar-refractivity contribution in [2.75, 3.05) is 26.8 Å². The van der Waals surface area contributed by atoms with Crippen molar-refractivity contribution in [2.45, 2.75) is 32.8 Å². The van der Waals surface area contributed by atoms with E-state index in [4.69, 9.17) is 9.47 Å². The molecule has 1 amide bonds. The summed E-state index contributed by atoms with van der Waals surface area (Å²) >= 11 is 0. The van der Waals surface area contributed by atoms with Crippen molar-refractivity contribution in [1.29, 1.82) is 0 Å². The molecule has 1 atom stereocenters. The first-order valence-corrected chi connectivity index (χ1v) is 9.11. The van der Waals surface area contributed by atoms with Gasteiger partial charge in [-0.25, -0.2) is 14.4 Å². The van der Waals surface area contributed by atoms with E-state index in [0.717, 1.165) is 19.4 Å². The SMILES string of the molecule is CCN(CC1CCCO1)C(=O)c1cc(F)cc(-c2c(C)ncnc2OC)c1. The fourth-order valence-electron chi connectivity index (χ4n) is 3.37. The number of halogens is 1. The second kappa shape index (κ2) is 8.43. The molecule has 0 radical (unpaired) electrons. The van der Waals surface area contributed by atoms with Crippen molar-refractivity contribution in [3.05, 3.63) is 41.6 Å². The van der Waals surface area contributed by atoms with Gasteiger partial charge in [-0.1, -0.05) is 0 Å². The van der Waals surface area contributed by atoms with Crippen LogP contribution in [0.3, 0.4) is 0 Å². The second-order valence-electron chi connectivity index (χ2n) is 6.55. The Hall–Kier alpha value is -2.54. The minimum atomic E-state index is -0.491. The predicted octanol–water partition coefficient (Wildman–Crippen LogP) is 3.24. The molecule has 0 bridgehead atoms. The first-order valence-electron chi connectivity index (χ1n) is 9.11. The predicted molar refractivity (Wildman–Crippen MR) is 99.3 cm³/mol. The molecular formula is C20H24FN3O3. The molecular weight excluding hydrogens is 349 g/mol. The van der Waals surface area contributed by atoms with E-state index in [2.05, 4.69) is 9.97 Å². The van der Waals surface area contributed by atoms with Crippen LogP contribution in [0.25, 0.3) is 11.1 Å². The van der Waals surface area contributed by atoms with Crippen LogP contribution < -0.4 is 4.74 Å². The minimum absolute atomic E-state index is 0.0480. The summed E-state index contributed by atoms with van der Waals surface area (Å²) in [6, 6.07) is 4.29. The van der Waals surface area contributed by atoms with E-state index < -0.39 is 5.82 Å². The Morgan fingerprint density at radius 3 is 2.85 bits per heavy atom. The average molecular weight is 373 g/mol. The van der Waals surface area contributed by atoms with Gasteiger partial charge in [-0.05, 0) is 50.5 Å². The highest BCUT2D eigenvalue weighted by Crippen LogP contribution is 2.31. The molecule has 0 spiro atoms. The molecule has 1 unspecified atom stereocenters. The van der Waals surface area contributed by atoms with Crippen molar-refractivity contribution in [3.63, 3.8) is 0 Å². The normalized spacial score (nSPS) is 16.4. The molecule has 1 aromatic heterocycles. The van der Waals surface area contributed by atoms with Crippen LogP contribution >= 0.6 is 0 Å². The number of amides is 1. The summed E-state index contributed by atoms with van der Waals surface area (Å²) in [7, 11) is 1.50. The lowest BCUT2D eigenvalue weighted by atomic mass is 10.0. The first-order chi connectivity index (χ1) is 13.0. The van der Waals surface area contributed by atoms with Crippen LogP contribution in [0.4, 0.5) is 4.39 Å². The van der Waals surface area contributed by atoms with Crippen LogP contribution in [-0.2, 0) is 4.74 Å². The maximum atomic E-state index is 14.3. The molecule has 1 aliphatic rings. The fraction of sp³-hybridized carbons (Fsp3) is 0.450. The minimum Gasteiger partial charge on any atom is -0.480 e. The summed E-state index contributed by atoms with van der Waals surface area (Å²) in [5.74, 6) is -0.366. The summed E-state index contributed by atoms with van der Waals surface area (Å²) in [4.78, 5) is 22.9. The van der Waals surface area contributed by atoms with Gasteiger partial charge in [0.05, 0.1) is 24.5 Å². The lowest BCUT2D eigenvalue weighted by molar-refractivity contribution is 0.0539. The van der Waals surface area contributed by atoms with Crippen LogP contribution in [0.1, 0.15) is 35.8 Å². The molecule has 3 rings (SSSR count). The van der Waals surface area contributed by atoms with Gasteiger partial charge in [0, 0.05) is 25.3 Å². The highest BCUT2D eigenvalue weighted by molar-refractivity contribution is 5.95. The molecule has 2 heterocycles. The number of nitrogens with zero attached hydrogens (tertiary/aromatic N) is 3. The molecule has 1 aliphatic heterocycles. The van der Waals surface area contributed by atoms with Gasteiger partial charge in [-0.2, -0.15) is 0 Å². The van der Waals surface area contributed by atoms with Gasteiger partial charge in [0.1, 0.15) is 12.1 Å². The Bertz CT molecular complexity index is 822. The number of benzene rings is 1. The van der Waals surface area contributed by atoms with Gasteiger partial charge < -0.3 is 14.4 Å². The zero-order valence-corrected chi connectivity index (χ0v) is 15.9. The number of rotatable bonds is 6. The third-order valence-corrected chi connectivity index (χ3v) is 4.75. The number of carbonyl (C=O) groups excluding carboxylic acids is 1. The Labute approximate surface area is 158 Å². The average Bonchev–Trinajstić information content (AvgIpc) is 3.18.